The summed E-state index contributed by atoms with van der Waals surface area (Å²) in [6.45, 7) is 4.16. The maximum absolute atomic E-state index is 12.7. The van der Waals surface area contributed by atoms with Gasteiger partial charge in [0.1, 0.15) is 0 Å². The molecule has 0 saturated carbocycles. The fourth-order valence-electron chi connectivity index (χ4n) is 3.48. The molecule has 1 heterocycles. The fraction of sp³-hybridized carbons (Fsp3) is 0.381. The van der Waals surface area contributed by atoms with Gasteiger partial charge in [-0.05, 0) is 36.6 Å². The van der Waals surface area contributed by atoms with E-state index < -0.39 is 0 Å². The van der Waals surface area contributed by atoms with E-state index in [-0.39, 0.29) is 17.9 Å². The van der Waals surface area contributed by atoms with E-state index in [1.54, 1.807) is 0 Å². The van der Waals surface area contributed by atoms with Crippen molar-refractivity contribution in [2.45, 2.75) is 31.7 Å². The number of nitrogens with one attached hydrogen (secondary N) is 2. The molecule has 0 bridgehead atoms. The van der Waals surface area contributed by atoms with Gasteiger partial charge >= 0.3 is 0 Å². The summed E-state index contributed by atoms with van der Waals surface area (Å²) in [6.07, 6.45) is 1.50. The van der Waals surface area contributed by atoms with E-state index in [1.165, 1.54) is 11.1 Å². The van der Waals surface area contributed by atoms with Crippen molar-refractivity contribution in [3.05, 3.63) is 71.8 Å². The van der Waals surface area contributed by atoms with Crippen LogP contribution in [0, 0.1) is 5.92 Å². The number of carbonyl (C=O) groups is 1. The molecule has 2 aromatic carbocycles. The second-order valence-corrected chi connectivity index (χ2v) is 6.72. The van der Waals surface area contributed by atoms with Crippen molar-refractivity contribution >= 4 is 5.91 Å². The summed E-state index contributed by atoms with van der Waals surface area (Å²) in [5.74, 6) is 0.727. The lowest BCUT2D eigenvalue weighted by Gasteiger charge is -2.30. The SMILES string of the molecule is CC1CNCCC1NC(=O)CC(c1ccccc1)c1ccccc1. The molecule has 1 aliphatic rings. The minimum absolute atomic E-state index is 0.101. The molecule has 2 unspecified atom stereocenters. The third-order valence-corrected chi connectivity index (χ3v) is 4.93. The average Bonchev–Trinajstić information content (AvgIpc) is 2.63. The summed E-state index contributed by atoms with van der Waals surface area (Å²) in [6, 6.07) is 20.9. The monoisotopic (exact) mass is 322 g/mol. The van der Waals surface area contributed by atoms with E-state index >= 15 is 0 Å². The van der Waals surface area contributed by atoms with E-state index in [0.29, 0.717) is 12.3 Å². The van der Waals surface area contributed by atoms with Crippen LogP contribution in [-0.2, 0) is 4.79 Å². The molecule has 1 aliphatic heterocycles. The Bertz CT molecular complexity index is 602. The first-order valence-electron chi connectivity index (χ1n) is 8.84. The smallest absolute Gasteiger partial charge is 0.221 e. The second-order valence-electron chi connectivity index (χ2n) is 6.72. The van der Waals surface area contributed by atoms with Gasteiger partial charge in [-0.15, -0.1) is 0 Å². The van der Waals surface area contributed by atoms with E-state index in [2.05, 4.69) is 41.8 Å². The van der Waals surface area contributed by atoms with E-state index in [9.17, 15) is 4.79 Å². The number of hydrogen-bond donors (Lipinski definition) is 2. The van der Waals surface area contributed by atoms with Gasteiger partial charge in [0.25, 0.3) is 0 Å². The molecule has 2 aromatic rings. The van der Waals surface area contributed by atoms with Crippen LogP contribution in [0.15, 0.2) is 60.7 Å². The van der Waals surface area contributed by atoms with Crippen LogP contribution >= 0.6 is 0 Å². The van der Waals surface area contributed by atoms with Crippen molar-refractivity contribution in [3.63, 3.8) is 0 Å². The standard InChI is InChI=1S/C21H26N2O/c1-16-15-22-13-12-20(16)23-21(24)14-19(17-8-4-2-5-9-17)18-10-6-3-7-11-18/h2-11,16,19-20,22H,12-15H2,1H3,(H,23,24). The second kappa shape index (κ2) is 8.11. The summed E-state index contributed by atoms with van der Waals surface area (Å²) < 4.78 is 0. The highest BCUT2D eigenvalue weighted by Crippen LogP contribution is 2.28. The van der Waals surface area contributed by atoms with Gasteiger partial charge in [-0.1, -0.05) is 67.6 Å². The van der Waals surface area contributed by atoms with Gasteiger partial charge in [0.2, 0.25) is 5.91 Å². The lowest BCUT2D eigenvalue weighted by molar-refractivity contribution is -0.122. The van der Waals surface area contributed by atoms with Crippen LogP contribution in [0.4, 0.5) is 0 Å². The van der Waals surface area contributed by atoms with Gasteiger partial charge in [-0.3, -0.25) is 4.79 Å². The quantitative estimate of drug-likeness (QED) is 0.886. The largest absolute Gasteiger partial charge is 0.353 e. The molecule has 1 fully saturated rings. The maximum Gasteiger partial charge on any atom is 0.221 e. The Morgan fingerprint density at radius 1 is 1.08 bits per heavy atom. The zero-order valence-electron chi connectivity index (χ0n) is 14.2. The molecule has 126 valence electrons. The Hall–Kier alpha value is -2.13. The molecule has 3 heteroatoms. The fourth-order valence-corrected chi connectivity index (χ4v) is 3.48. The predicted octanol–water partition coefficient (Wildman–Crippen LogP) is 3.32. The van der Waals surface area contributed by atoms with Gasteiger partial charge in [0, 0.05) is 18.4 Å². The zero-order valence-corrected chi connectivity index (χ0v) is 14.2. The number of amides is 1. The molecule has 0 aliphatic carbocycles. The van der Waals surface area contributed by atoms with Crippen LogP contribution in [-0.4, -0.2) is 25.0 Å². The minimum Gasteiger partial charge on any atom is -0.353 e. The van der Waals surface area contributed by atoms with Crippen molar-refractivity contribution in [2.24, 2.45) is 5.92 Å². The molecule has 1 saturated heterocycles. The molecule has 3 rings (SSSR count). The molecule has 0 aromatic heterocycles. The van der Waals surface area contributed by atoms with Gasteiger partial charge in [-0.25, -0.2) is 0 Å². The van der Waals surface area contributed by atoms with Crippen molar-refractivity contribution < 1.29 is 4.79 Å². The van der Waals surface area contributed by atoms with Crippen molar-refractivity contribution in [1.29, 1.82) is 0 Å². The summed E-state index contributed by atoms with van der Waals surface area (Å²) in [7, 11) is 0. The molecular weight excluding hydrogens is 296 g/mol. The van der Waals surface area contributed by atoms with E-state index in [4.69, 9.17) is 0 Å². The third-order valence-electron chi connectivity index (χ3n) is 4.93. The van der Waals surface area contributed by atoms with Crippen molar-refractivity contribution in [2.75, 3.05) is 13.1 Å². The highest BCUT2D eigenvalue weighted by Gasteiger charge is 2.24. The van der Waals surface area contributed by atoms with Crippen LogP contribution in [0.25, 0.3) is 0 Å². The van der Waals surface area contributed by atoms with Crippen LogP contribution in [0.2, 0.25) is 0 Å². The van der Waals surface area contributed by atoms with Crippen LogP contribution in [0.5, 0.6) is 0 Å². The Morgan fingerprint density at radius 3 is 2.21 bits per heavy atom. The van der Waals surface area contributed by atoms with Gasteiger partial charge in [0.15, 0.2) is 0 Å². The maximum atomic E-state index is 12.7. The van der Waals surface area contributed by atoms with E-state index in [1.807, 2.05) is 36.4 Å². The molecule has 2 N–H and O–H groups in total. The first-order chi connectivity index (χ1) is 11.7. The Kier molecular flexibility index (Phi) is 5.65. The Labute approximate surface area is 144 Å². The van der Waals surface area contributed by atoms with Crippen molar-refractivity contribution in [3.8, 4) is 0 Å². The summed E-state index contributed by atoms with van der Waals surface area (Å²) >= 11 is 0. The van der Waals surface area contributed by atoms with Crippen LogP contribution < -0.4 is 10.6 Å². The van der Waals surface area contributed by atoms with E-state index in [0.717, 1.165) is 19.5 Å². The minimum atomic E-state index is 0.101. The van der Waals surface area contributed by atoms with Crippen molar-refractivity contribution in [1.82, 2.24) is 10.6 Å². The molecule has 2 atom stereocenters. The zero-order chi connectivity index (χ0) is 16.8. The van der Waals surface area contributed by atoms with Gasteiger partial charge < -0.3 is 10.6 Å². The summed E-state index contributed by atoms with van der Waals surface area (Å²) in [5.41, 5.74) is 2.38. The molecule has 0 spiro atoms. The predicted molar refractivity (Wildman–Crippen MR) is 97.9 cm³/mol. The number of benzene rings is 2. The summed E-state index contributed by atoms with van der Waals surface area (Å²) in [5, 5.41) is 6.64. The molecule has 3 nitrogen and oxygen atoms in total. The molecular formula is C21H26N2O. The number of piperidine rings is 1. The van der Waals surface area contributed by atoms with Crippen LogP contribution in [0.3, 0.4) is 0 Å². The van der Waals surface area contributed by atoms with Gasteiger partial charge in [0.05, 0.1) is 0 Å². The lowest BCUT2D eigenvalue weighted by atomic mass is 9.88. The Balaban J connectivity index is 1.73. The Morgan fingerprint density at radius 2 is 1.67 bits per heavy atom. The molecule has 24 heavy (non-hydrogen) atoms. The highest BCUT2D eigenvalue weighted by molar-refractivity contribution is 5.78. The molecule has 0 radical (unpaired) electrons. The summed E-state index contributed by atoms with van der Waals surface area (Å²) in [4.78, 5) is 12.7. The normalized spacial score (nSPS) is 20.8. The number of rotatable bonds is 5. The highest BCUT2D eigenvalue weighted by atomic mass is 16.1. The lowest BCUT2D eigenvalue weighted by Crippen LogP contribution is -2.48. The number of carbonyl (C=O) groups excluding carboxylic acids is 1. The van der Waals surface area contributed by atoms with Gasteiger partial charge in [-0.2, -0.15) is 0 Å². The first-order valence-corrected chi connectivity index (χ1v) is 8.84. The number of hydrogen-bond acceptors (Lipinski definition) is 2. The first kappa shape index (κ1) is 16.7. The third kappa shape index (κ3) is 4.24. The molecule has 1 amide bonds. The topological polar surface area (TPSA) is 41.1 Å². The average molecular weight is 322 g/mol. The van der Waals surface area contributed by atoms with Crippen LogP contribution in [0.1, 0.15) is 36.8 Å².